The summed E-state index contributed by atoms with van der Waals surface area (Å²) in [6.45, 7) is 12.1. The van der Waals surface area contributed by atoms with Crippen LogP contribution in [0.15, 0.2) is 30.3 Å². The first-order valence-electron chi connectivity index (χ1n) is 9.54. The molecule has 2 unspecified atom stereocenters. The lowest BCUT2D eigenvalue weighted by molar-refractivity contribution is -0.134. The van der Waals surface area contributed by atoms with E-state index in [0.717, 1.165) is 24.8 Å². The van der Waals surface area contributed by atoms with Crippen LogP contribution in [0.5, 0.6) is 0 Å². The van der Waals surface area contributed by atoms with Crippen molar-refractivity contribution >= 4 is 11.7 Å². The third-order valence-electron chi connectivity index (χ3n) is 4.75. The fourth-order valence-corrected chi connectivity index (χ4v) is 3.00. The maximum absolute atomic E-state index is 12.9. The van der Waals surface area contributed by atoms with Crippen LogP contribution in [-0.4, -0.2) is 17.7 Å². The Hall–Kier alpha value is -1.64. The second-order valence-corrected chi connectivity index (χ2v) is 8.34. The molecule has 1 aromatic rings. The van der Waals surface area contributed by atoms with Gasteiger partial charge in [0.15, 0.2) is 5.78 Å². The average Bonchev–Trinajstić information content (AvgIpc) is 2.56. The van der Waals surface area contributed by atoms with Crippen molar-refractivity contribution in [3.05, 3.63) is 35.9 Å². The first-order valence-corrected chi connectivity index (χ1v) is 9.54. The van der Waals surface area contributed by atoms with Gasteiger partial charge >= 0.3 is 0 Å². The molecule has 1 N–H and O–H groups in total. The monoisotopic (exact) mass is 345 g/mol. The van der Waals surface area contributed by atoms with Crippen molar-refractivity contribution in [3.63, 3.8) is 0 Å². The minimum atomic E-state index is -0.440. The summed E-state index contributed by atoms with van der Waals surface area (Å²) in [5.74, 6) is -0.0686. The molecule has 0 aromatic heterocycles. The maximum atomic E-state index is 12.9. The first kappa shape index (κ1) is 21.4. The molecule has 0 aliphatic rings. The van der Waals surface area contributed by atoms with Gasteiger partial charge in [0.25, 0.3) is 0 Å². The van der Waals surface area contributed by atoms with Crippen LogP contribution in [0.3, 0.4) is 0 Å². The summed E-state index contributed by atoms with van der Waals surface area (Å²) >= 11 is 0. The highest BCUT2D eigenvalue weighted by Crippen LogP contribution is 2.25. The molecular formula is C22H35NO2. The van der Waals surface area contributed by atoms with E-state index in [-0.39, 0.29) is 28.9 Å². The molecule has 1 aromatic carbocycles. The standard InChI is InChI=1S/C22H35NO2/c1-7-8-12-16(2)19(24)20(22(4,5)6)23-21(25)17(3)15-18-13-10-9-11-14-18/h9-11,13-14,16-17,20H,7-8,12,15H2,1-6H3,(H,23,25)/t16?,17-,20?/m0/s1. The molecule has 0 spiro atoms. The predicted molar refractivity (Wildman–Crippen MR) is 104 cm³/mol. The van der Waals surface area contributed by atoms with Gasteiger partial charge in [0.2, 0.25) is 5.91 Å². The zero-order chi connectivity index (χ0) is 19.0. The number of hydrogen-bond acceptors (Lipinski definition) is 2. The van der Waals surface area contributed by atoms with Crippen molar-refractivity contribution in [1.82, 2.24) is 5.32 Å². The minimum Gasteiger partial charge on any atom is -0.346 e. The minimum absolute atomic E-state index is 0.0195. The summed E-state index contributed by atoms with van der Waals surface area (Å²) < 4.78 is 0. The molecule has 3 atom stereocenters. The average molecular weight is 346 g/mol. The lowest BCUT2D eigenvalue weighted by Gasteiger charge is -2.33. The number of nitrogens with one attached hydrogen (secondary N) is 1. The number of Topliss-reactive ketones (excluding diaryl/α,β-unsaturated/α-hetero) is 1. The highest BCUT2D eigenvalue weighted by atomic mass is 16.2. The van der Waals surface area contributed by atoms with Gasteiger partial charge in [0, 0.05) is 11.8 Å². The molecule has 140 valence electrons. The van der Waals surface area contributed by atoms with Crippen molar-refractivity contribution < 1.29 is 9.59 Å². The van der Waals surface area contributed by atoms with Crippen LogP contribution in [0.1, 0.15) is 66.4 Å². The van der Waals surface area contributed by atoms with E-state index < -0.39 is 6.04 Å². The van der Waals surface area contributed by atoms with E-state index in [4.69, 9.17) is 0 Å². The summed E-state index contributed by atoms with van der Waals surface area (Å²) in [5, 5.41) is 3.05. The number of amides is 1. The van der Waals surface area contributed by atoms with Crippen molar-refractivity contribution in [2.24, 2.45) is 17.3 Å². The third kappa shape index (κ3) is 7.01. The van der Waals surface area contributed by atoms with E-state index in [0.29, 0.717) is 6.42 Å². The van der Waals surface area contributed by atoms with Crippen molar-refractivity contribution in [3.8, 4) is 0 Å². The van der Waals surface area contributed by atoms with Crippen molar-refractivity contribution in [2.75, 3.05) is 0 Å². The van der Waals surface area contributed by atoms with Gasteiger partial charge in [0.1, 0.15) is 0 Å². The Morgan fingerprint density at radius 2 is 1.64 bits per heavy atom. The van der Waals surface area contributed by atoms with Crippen LogP contribution in [0.25, 0.3) is 0 Å². The molecule has 0 aliphatic carbocycles. The number of carbonyl (C=O) groups is 2. The molecule has 1 rings (SSSR count). The van der Waals surface area contributed by atoms with Gasteiger partial charge in [-0.05, 0) is 23.8 Å². The Balaban J connectivity index is 2.77. The Labute approximate surface area is 153 Å². The Kier molecular flexibility index (Phi) is 8.34. The van der Waals surface area contributed by atoms with Crippen LogP contribution in [0.4, 0.5) is 0 Å². The fraction of sp³-hybridized carbons (Fsp3) is 0.636. The van der Waals surface area contributed by atoms with E-state index in [9.17, 15) is 9.59 Å². The molecule has 0 fully saturated rings. The number of hydrogen-bond donors (Lipinski definition) is 1. The van der Waals surface area contributed by atoms with E-state index >= 15 is 0 Å². The predicted octanol–water partition coefficient (Wildman–Crippen LogP) is 4.79. The molecule has 0 radical (unpaired) electrons. The summed E-state index contributed by atoms with van der Waals surface area (Å²) in [4.78, 5) is 25.6. The summed E-state index contributed by atoms with van der Waals surface area (Å²) in [6, 6.07) is 9.56. The zero-order valence-electron chi connectivity index (χ0n) is 16.8. The summed E-state index contributed by atoms with van der Waals surface area (Å²) in [5.41, 5.74) is 0.847. The maximum Gasteiger partial charge on any atom is 0.223 e. The normalized spacial score (nSPS) is 15.3. The molecule has 0 saturated carbocycles. The molecule has 1 amide bonds. The largest absolute Gasteiger partial charge is 0.346 e. The topological polar surface area (TPSA) is 46.2 Å². The van der Waals surface area contributed by atoms with Gasteiger partial charge in [-0.3, -0.25) is 9.59 Å². The molecule has 3 heteroatoms. The molecular weight excluding hydrogens is 310 g/mol. The third-order valence-corrected chi connectivity index (χ3v) is 4.75. The highest BCUT2D eigenvalue weighted by Gasteiger charge is 2.35. The van der Waals surface area contributed by atoms with E-state index in [1.165, 1.54) is 0 Å². The zero-order valence-corrected chi connectivity index (χ0v) is 16.8. The Morgan fingerprint density at radius 1 is 1.04 bits per heavy atom. The molecule has 3 nitrogen and oxygen atoms in total. The van der Waals surface area contributed by atoms with Crippen LogP contribution < -0.4 is 5.32 Å². The van der Waals surface area contributed by atoms with Gasteiger partial charge < -0.3 is 5.32 Å². The Bertz CT molecular complexity index is 545. The van der Waals surface area contributed by atoms with Crippen LogP contribution in [-0.2, 0) is 16.0 Å². The molecule has 25 heavy (non-hydrogen) atoms. The Morgan fingerprint density at radius 3 is 2.16 bits per heavy atom. The second-order valence-electron chi connectivity index (χ2n) is 8.34. The van der Waals surface area contributed by atoms with Crippen LogP contribution in [0.2, 0.25) is 0 Å². The molecule has 0 heterocycles. The van der Waals surface area contributed by atoms with Gasteiger partial charge in [-0.2, -0.15) is 0 Å². The number of benzene rings is 1. The number of carbonyl (C=O) groups excluding carboxylic acids is 2. The lowest BCUT2D eigenvalue weighted by atomic mass is 9.79. The van der Waals surface area contributed by atoms with E-state index in [1.54, 1.807) is 0 Å². The van der Waals surface area contributed by atoms with Crippen molar-refractivity contribution in [2.45, 2.75) is 73.3 Å². The second kappa shape index (κ2) is 9.74. The quantitative estimate of drug-likeness (QED) is 0.699. The van der Waals surface area contributed by atoms with E-state index in [2.05, 4.69) is 12.2 Å². The summed E-state index contributed by atoms with van der Waals surface area (Å²) in [7, 11) is 0. The van der Waals surface area contributed by atoms with Gasteiger partial charge in [-0.25, -0.2) is 0 Å². The lowest BCUT2D eigenvalue weighted by Crippen LogP contribution is -2.52. The van der Waals surface area contributed by atoms with Crippen LogP contribution in [0, 0.1) is 17.3 Å². The molecule has 0 bridgehead atoms. The number of ketones is 1. The smallest absolute Gasteiger partial charge is 0.223 e. The van der Waals surface area contributed by atoms with Crippen LogP contribution >= 0.6 is 0 Å². The first-order chi connectivity index (χ1) is 11.7. The fourth-order valence-electron chi connectivity index (χ4n) is 3.00. The molecule has 0 saturated heterocycles. The number of unbranched alkanes of at least 4 members (excludes halogenated alkanes) is 1. The van der Waals surface area contributed by atoms with Crippen molar-refractivity contribution in [1.29, 1.82) is 0 Å². The number of rotatable bonds is 9. The van der Waals surface area contributed by atoms with Gasteiger partial charge in [-0.1, -0.05) is 84.7 Å². The van der Waals surface area contributed by atoms with Gasteiger partial charge in [0.05, 0.1) is 6.04 Å². The van der Waals surface area contributed by atoms with E-state index in [1.807, 2.05) is 65.0 Å². The highest BCUT2D eigenvalue weighted by molar-refractivity contribution is 5.91. The van der Waals surface area contributed by atoms with Gasteiger partial charge in [-0.15, -0.1) is 0 Å². The SMILES string of the molecule is CCCCC(C)C(=O)C(NC(=O)[C@@H](C)Cc1ccccc1)C(C)(C)C. The molecule has 0 aliphatic heterocycles. The summed E-state index contributed by atoms with van der Waals surface area (Å²) in [6.07, 6.45) is 3.70.